The number of nitrogens with one attached hydrogen (secondary N) is 1. The predicted molar refractivity (Wildman–Crippen MR) is 68.3 cm³/mol. The molecule has 0 radical (unpaired) electrons. The maximum Gasteiger partial charge on any atom is 0.242 e. The van der Waals surface area contributed by atoms with Gasteiger partial charge in [-0.3, -0.25) is 4.79 Å². The first kappa shape index (κ1) is 13.6. The summed E-state index contributed by atoms with van der Waals surface area (Å²) in [6.45, 7) is 3.71. The zero-order valence-corrected chi connectivity index (χ0v) is 11.2. The average Bonchev–Trinajstić information content (AvgIpc) is 2.16. The van der Waals surface area contributed by atoms with Crippen molar-refractivity contribution in [3.8, 4) is 0 Å². The van der Waals surface area contributed by atoms with E-state index < -0.39 is 5.38 Å². The van der Waals surface area contributed by atoms with Gasteiger partial charge in [-0.1, -0.05) is 29.3 Å². The Labute approximate surface area is 110 Å². The molecule has 1 rings (SSSR count). The first-order chi connectivity index (χ1) is 7.43. The fourth-order valence-corrected chi connectivity index (χ4v) is 2.27. The van der Waals surface area contributed by atoms with Gasteiger partial charge < -0.3 is 5.32 Å². The Balaban J connectivity index is 2.96. The van der Waals surface area contributed by atoms with Crippen molar-refractivity contribution in [1.82, 2.24) is 5.32 Å². The van der Waals surface area contributed by atoms with Crippen molar-refractivity contribution >= 4 is 40.7 Å². The highest BCUT2D eigenvalue weighted by Gasteiger charge is 2.23. The topological polar surface area (TPSA) is 29.1 Å². The Morgan fingerprint density at radius 2 is 1.75 bits per heavy atom. The molecule has 0 aliphatic carbocycles. The largest absolute Gasteiger partial charge is 0.352 e. The van der Waals surface area contributed by atoms with Gasteiger partial charge in [0, 0.05) is 21.7 Å². The average molecular weight is 281 g/mol. The number of hydrogen-bond donors (Lipinski definition) is 1. The minimum Gasteiger partial charge on any atom is -0.352 e. The van der Waals surface area contributed by atoms with Gasteiger partial charge in [0.25, 0.3) is 0 Å². The van der Waals surface area contributed by atoms with E-state index in [-0.39, 0.29) is 11.9 Å². The van der Waals surface area contributed by atoms with Crippen molar-refractivity contribution in [3.05, 3.63) is 33.8 Å². The molecule has 2 nitrogen and oxygen atoms in total. The molecule has 1 aromatic rings. The first-order valence-electron chi connectivity index (χ1n) is 4.82. The second-order valence-electron chi connectivity index (χ2n) is 3.66. The molecule has 1 atom stereocenters. The summed E-state index contributed by atoms with van der Waals surface area (Å²) < 4.78 is 0. The standard InChI is InChI=1S/C11H12Cl3NO/c1-6(2)15-11(16)10(14)9-7(12)4-3-5-8(9)13/h3-6,10H,1-2H3,(H,15,16). The van der Waals surface area contributed by atoms with Gasteiger partial charge in [-0.15, -0.1) is 11.6 Å². The van der Waals surface area contributed by atoms with Crippen LogP contribution in [0.1, 0.15) is 24.8 Å². The molecule has 0 fully saturated rings. The molecule has 0 spiro atoms. The molecule has 1 amide bonds. The van der Waals surface area contributed by atoms with E-state index in [1.165, 1.54) is 0 Å². The quantitative estimate of drug-likeness (QED) is 0.838. The summed E-state index contributed by atoms with van der Waals surface area (Å²) in [4.78, 5) is 11.7. The van der Waals surface area contributed by atoms with E-state index in [1.807, 2.05) is 13.8 Å². The summed E-state index contributed by atoms with van der Waals surface area (Å²) in [5.74, 6) is -0.299. The van der Waals surface area contributed by atoms with E-state index >= 15 is 0 Å². The number of amides is 1. The van der Waals surface area contributed by atoms with Crippen molar-refractivity contribution < 1.29 is 4.79 Å². The third-order valence-electron chi connectivity index (χ3n) is 1.91. The molecule has 16 heavy (non-hydrogen) atoms. The van der Waals surface area contributed by atoms with Crippen molar-refractivity contribution in [1.29, 1.82) is 0 Å². The summed E-state index contributed by atoms with van der Waals surface area (Å²) in [6, 6.07) is 5.04. The molecule has 0 bridgehead atoms. The van der Waals surface area contributed by atoms with E-state index in [0.717, 1.165) is 0 Å². The van der Waals surface area contributed by atoms with E-state index in [1.54, 1.807) is 18.2 Å². The molecular weight excluding hydrogens is 268 g/mol. The van der Waals surface area contributed by atoms with Crippen LogP contribution in [0.25, 0.3) is 0 Å². The first-order valence-corrected chi connectivity index (χ1v) is 6.01. The Kier molecular flexibility index (Phi) is 4.90. The lowest BCUT2D eigenvalue weighted by Crippen LogP contribution is -2.33. The van der Waals surface area contributed by atoms with Crippen LogP contribution in [0, 0.1) is 0 Å². The highest BCUT2D eigenvalue weighted by Crippen LogP contribution is 2.34. The van der Waals surface area contributed by atoms with Gasteiger partial charge in [-0.05, 0) is 26.0 Å². The summed E-state index contributed by atoms with van der Waals surface area (Å²) in [7, 11) is 0. The molecule has 1 unspecified atom stereocenters. The van der Waals surface area contributed by atoms with Crippen LogP contribution in [-0.2, 0) is 4.79 Å². The molecular formula is C11H12Cl3NO. The van der Waals surface area contributed by atoms with Gasteiger partial charge in [0.1, 0.15) is 5.38 Å². The molecule has 1 N–H and O–H groups in total. The summed E-state index contributed by atoms with van der Waals surface area (Å²) in [6.07, 6.45) is 0. The second kappa shape index (κ2) is 5.76. The van der Waals surface area contributed by atoms with Crippen LogP contribution in [0.2, 0.25) is 10.0 Å². The van der Waals surface area contributed by atoms with E-state index in [9.17, 15) is 4.79 Å². The Morgan fingerprint density at radius 1 is 1.25 bits per heavy atom. The third kappa shape index (κ3) is 3.27. The fourth-order valence-electron chi connectivity index (χ4n) is 1.24. The molecule has 0 saturated heterocycles. The Morgan fingerprint density at radius 3 is 2.19 bits per heavy atom. The van der Waals surface area contributed by atoms with Crippen LogP contribution in [0.15, 0.2) is 18.2 Å². The smallest absolute Gasteiger partial charge is 0.242 e. The van der Waals surface area contributed by atoms with Gasteiger partial charge in [0.2, 0.25) is 5.91 Å². The minimum atomic E-state index is -0.872. The van der Waals surface area contributed by atoms with Crippen LogP contribution < -0.4 is 5.32 Å². The van der Waals surface area contributed by atoms with Crippen molar-refractivity contribution in [2.75, 3.05) is 0 Å². The van der Waals surface area contributed by atoms with Crippen LogP contribution in [-0.4, -0.2) is 11.9 Å². The second-order valence-corrected chi connectivity index (χ2v) is 4.91. The molecule has 0 aliphatic heterocycles. The van der Waals surface area contributed by atoms with E-state index in [2.05, 4.69) is 5.32 Å². The summed E-state index contributed by atoms with van der Waals surface area (Å²) in [5.41, 5.74) is 0.450. The number of rotatable bonds is 3. The van der Waals surface area contributed by atoms with Crippen LogP contribution in [0.5, 0.6) is 0 Å². The van der Waals surface area contributed by atoms with Crippen molar-refractivity contribution in [2.45, 2.75) is 25.3 Å². The van der Waals surface area contributed by atoms with E-state index in [0.29, 0.717) is 15.6 Å². The molecule has 0 heterocycles. The Hall–Kier alpha value is -0.440. The fraction of sp³-hybridized carbons (Fsp3) is 0.364. The van der Waals surface area contributed by atoms with Gasteiger partial charge in [0.15, 0.2) is 0 Å². The van der Waals surface area contributed by atoms with Gasteiger partial charge in [-0.25, -0.2) is 0 Å². The predicted octanol–water partition coefficient (Wildman–Crippen LogP) is 3.80. The van der Waals surface area contributed by atoms with Crippen LogP contribution in [0.4, 0.5) is 0 Å². The Bertz CT molecular complexity index is 373. The lowest BCUT2D eigenvalue weighted by Gasteiger charge is -2.15. The molecule has 0 saturated carbocycles. The zero-order valence-electron chi connectivity index (χ0n) is 8.93. The molecule has 5 heteroatoms. The zero-order chi connectivity index (χ0) is 12.3. The number of carbonyl (C=O) groups is 1. The van der Waals surface area contributed by atoms with Crippen LogP contribution in [0.3, 0.4) is 0 Å². The number of benzene rings is 1. The molecule has 88 valence electrons. The molecule has 0 aliphatic rings. The number of hydrogen-bond acceptors (Lipinski definition) is 1. The highest BCUT2D eigenvalue weighted by molar-refractivity contribution is 6.40. The maximum atomic E-state index is 11.7. The van der Waals surface area contributed by atoms with Crippen molar-refractivity contribution in [2.24, 2.45) is 0 Å². The number of halogens is 3. The SMILES string of the molecule is CC(C)NC(=O)C(Cl)c1c(Cl)cccc1Cl. The molecule has 1 aromatic carbocycles. The van der Waals surface area contributed by atoms with Crippen molar-refractivity contribution in [3.63, 3.8) is 0 Å². The summed E-state index contributed by atoms with van der Waals surface area (Å²) >= 11 is 17.9. The number of alkyl halides is 1. The monoisotopic (exact) mass is 279 g/mol. The minimum absolute atomic E-state index is 0.0232. The maximum absolute atomic E-state index is 11.7. The van der Waals surface area contributed by atoms with Gasteiger partial charge in [-0.2, -0.15) is 0 Å². The van der Waals surface area contributed by atoms with Crippen LogP contribution >= 0.6 is 34.8 Å². The van der Waals surface area contributed by atoms with Gasteiger partial charge >= 0.3 is 0 Å². The molecule has 0 aromatic heterocycles. The highest BCUT2D eigenvalue weighted by atomic mass is 35.5. The third-order valence-corrected chi connectivity index (χ3v) is 2.99. The number of carbonyl (C=O) groups excluding carboxylic acids is 1. The normalized spacial score (nSPS) is 12.6. The summed E-state index contributed by atoms with van der Waals surface area (Å²) in [5, 5.41) is 2.63. The van der Waals surface area contributed by atoms with E-state index in [4.69, 9.17) is 34.8 Å². The lowest BCUT2D eigenvalue weighted by atomic mass is 10.1. The lowest BCUT2D eigenvalue weighted by molar-refractivity contribution is -0.121. The van der Waals surface area contributed by atoms with Gasteiger partial charge in [0.05, 0.1) is 0 Å².